The van der Waals surface area contributed by atoms with Crippen molar-refractivity contribution in [2.75, 3.05) is 13.1 Å². The van der Waals surface area contributed by atoms with Crippen molar-refractivity contribution in [1.82, 2.24) is 20.2 Å². The Morgan fingerprint density at radius 1 is 1.28 bits per heavy atom. The Bertz CT molecular complexity index is 878. The summed E-state index contributed by atoms with van der Waals surface area (Å²) in [6.07, 6.45) is 5.56. The summed E-state index contributed by atoms with van der Waals surface area (Å²) < 4.78 is 2.04. The van der Waals surface area contributed by atoms with E-state index in [9.17, 15) is 5.11 Å². The number of nitrogens with one attached hydrogen (secondary N) is 2. The minimum absolute atomic E-state index is 0. The Morgan fingerprint density at radius 3 is 2.79 bits per heavy atom. The van der Waals surface area contributed by atoms with Gasteiger partial charge in [0.15, 0.2) is 5.96 Å². The second-order valence-electron chi connectivity index (χ2n) is 6.89. The van der Waals surface area contributed by atoms with Crippen LogP contribution in [0.1, 0.15) is 30.5 Å². The summed E-state index contributed by atoms with van der Waals surface area (Å²) in [5.41, 5.74) is 2.32. The van der Waals surface area contributed by atoms with Gasteiger partial charge in [0, 0.05) is 25.5 Å². The molecule has 0 bridgehead atoms. The third-order valence-corrected chi connectivity index (χ3v) is 5.11. The van der Waals surface area contributed by atoms with Crippen molar-refractivity contribution in [2.45, 2.75) is 32.5 Å². The van der Waals surface area contributed by atoms with E-state index < -0.39 is 5.60 Å². The Labute approximate surface area is 193 Å². The monoisotopic (exact) mass is 525 g/mol. The zero-order valence-electron chi connectivity index (χ0n) is 16.7. The number of benzene rings is 1. The number of nitrogens with zero attached hydrogens (tertiary/aromatic N) is 3. The van der Waals surface area contributed by atoms with Crippen molar-refractivity contribution >= 4 is 41.3 Å². The summed E-state index contributed by atoms with van der Waals surface area (Å²) in [6, 6.07) is 10.3. The van der Waals surface area contributed by atoms with E-state index in [2.05, 4.69) is 44.9 Å². The minimum Gasteiger partial charge on any atom is -0.384 e. The van der Waals surface area contributed by atoms with Gasteiger partial charge >= 0.3 is 0 Å². The first-order valence-electron chi connectivity index (χ1n) is 9.37. The first kappa shape index (κ1) is 23.4. The van der Waals surface area contributed by atoms with Crippen LogP contribution in [0.5, 0.6) is 0 Å². The Balaban J connectivity index is 0.00000300. The molecular formula is C21H28IN5OS. The molecule has 0 aliphatic heterocycles. The van der Waals surface area contributed by atoms with Gasteiger partial charge in [-0.2, -0.15) is 11.3 Å². The third kappa shape index (κ3) is 7.13. The summed E-state index contributed by atoms with van der Waals surface area (Å²) >= 11 is 1.58. The molecule has 0 aliphatic rings. The molecule has 0 saturated carbocycles. The van der Waals surface area contributed by atoms with Gasteiger partial charge in [0.25, 0.3) is 0 Å². The average Bonchev–Trinajstić information content (AvgIpc) is 3.39. The number of aliphatic imine (C=N–C) groups is 1. The van der Waals surface area contributed by atoms with Gasteiger partial charge in [-0.15, -0.1) is 24.0 Å². The summed E-state index contributed by atoms with van der Waals surface area (Å²) in [5, 5.41) is 21.1. The molecule has 0 amide bonds. The van der Waals surface area contributed by atoms with Crippen LogP contribution in [0.2, 0.25) is 0 Å². The number of imidazole rings is 1. The second kappa shape index (κ2) is 11.3. The minimum atomic E-state index is -0.944. The fraction of sp³-hybridized carbons (Fsp3) is 0.333. The van der Waals surface area contributed by atoms with Gasteiger partial charge in [0.2, 0.25) is 0 Å². The number of halogens is 1. The fourth-order valence-electron chi connectivity index (χ4n) is 2.86. The Morgan fingerprint density at radius 2 is 2.10 bits per heavy atom. The van der Waals surface area contributed by atoms with Crippen molar-refractivity contribution in [3.05, 3.63) is 76.5 Å². The van der Waals surface area contributed by atoms with Gasteiger partial charge in [-0.3, -0.25) is 0 Å². The lowest BCUT2D eigenvalue weighted by molar-refractivity contribution is 0.0621. The molecule has 6 nitrogen and oxygen atoms in total. The second-order valence-corrected chi connectivity index (χ2v) is 7.67. The molecule has 0 saturated heterocycles. The molecule has 1 aromatic carbocycles. The molecule has 0 aliphatic carbocycles. The van der Waals surface area contributed by atoms with Crippen LogP contribution in [0, 0.1) is 0 Å². The molecule has 29 heavy (non-hydrogen) atoms. The van der Waals surface area contributed by atoms with Crippen molar-refractivity contribution < 1.29 is 5.11 Å². The lowest BCUT2D eigenvalue weighted by atomic mass is 9.99. The molecule has 3 N–H and O–H groups in total. The van der Waals surface area contributed by atoms with E-state index in [4.69, 9.17) is 0 Å². The molecular weight excluding hydrogens is 497 g/mol. The van der Waals surface area contributed by atoms with Gasteiger partial charge < -0.3 is 20.3 Å². The van der Waals surface area contributed by atoms with Crippen LogP contribution in [-0.4, -0.2) is 33.7 Å². The van der Waals surface area contributed by atoms with Crippen molar-refractivity contribution in [2.24, 2.45) is 4.99 Å². The fourth-order valence-corrected chi connectivity index (χ4v) is 3.64. The largest absolute Gasteiger partial charge is 0.384 e. The highest BCUT2D eigenvalue weighted by Gasteiger charge is 2.23. The number of thiophene rings is 1. The van der Waals surface area contributed by atoms with Crippen LogP contribution in [0.15, 0.2) is 64.8 Å². The lowest BCUT2D eigenvalue weighted by Gasteiger charge is -2.24. The molecule has 8 heteroatoms. The molecule has 1 unspecified atom stereocenters. The van der Waals surface area contributed by atoms with Crippen LogP contribution in [0.25, 0.3) is 0 Å². The smallest absolute Gasteiger partial charge is 0.191 e. The van der Waals surface area contributed by atoms with Crippen molar-refractivity contribution in [3.63, 3.8) is 0 Å². The highest BCUT2D eigenvalue weighted by molar-refractivity contribution is 14.0. The van der Waals surface area contributed by atoms with Crippen molar-refractivity contribution in [3.8, 4) is 0 Å². The summed E-state index contributed by atoms with van der Waals surface area (Å²) in [5.74, 6) is 0.693. The molecule has 2 heterocycles. The number of rotatable bonds is 8. The molecule has 1 atom stereocenters. The zero-order chi connectivity index (χ0) is 19.8. The first-order chi connectivity index (χ1) is 13.6. The van der Waals surface area contributed by atoms with Gasteiger partial charge in [-0.1, -0.05) is 24.3 Å². The highest BCUT2D eigenvalue weighted by Crippen LogP contribution is 2.21. The summed E-state index contributed by atoms with van der Waals surface area (Å²) in [7, 11) is 0. The van der Waals surface area contributed by atoms with Crippen LogP contribution in [0.4, 0.5) is 0 Å². The van der Waals surface area contributed by atoms with Crippen LogP contribution >= 0.6 is 35.3 Å². The molecule has 3 aromatic rings. The van der Waals surface area contributed by atoms with Crippen LogP contribution < -0.4 is 10.6 Å². The van der Waals surface area contributed by atoms with E-state index in [1.807, 2.05) is 47.8 Å². The number of hydrogen-bond acceptors (Lipinski definition) is 4. The number of aliphatic hydroxyl groups is 1. The standard InChI is InChI=1S/C21H27N5OS.HI/c1-3-23-20(25-15-21(2,27)19-7-10-28-14-19)24-12-17-5-4-6-18(11-17)13-26-9-8-22-16-26;/h4-11,14,16,27H,3,12-13,15H2,1-2H3,(H2,23,24,25);1H. The highest BCUT2D eigenvalue weighted by atomic mass is 127. The van der Waals surface area contributed by atoms with E-state index >= 15 is 0 Å². The van der Waals surface area contributed by atoms with E-state index in [1.54, 1.807) is 17.5 Å². The molecule has 0 spiro atoms. The SMILES string of the molecule is CCNC(=NCc1cccc(Cn2ccnc2)c1)NCC(C)(O)c1ccsc1.I. The van der Waals surface area contributed by atoms with Crippen molar-refractivity contribution in [1.29, 1.82) is 0 Å². The van der Waals surface area contributed by atoms with E-state index in [0.29, 0.717) is 19.0 Å². The maximum absolute atomic E-state index is 10.7. The van der Waals surface area contributed by atoms with E-state index in [1.165, 1.54) is 5.56 Å². The number of hydrogen-bond donors (Lipinski definition) is 3. The van der Waals surface area contributed by atoms with E-state index in [-0.39, 0.29) is 24.0 Å². The van der Waals surface area contributed by atoms with Crippen LogP contribution in [-0.2, 0) is 18.7 Å². The number of aromatic nitrogens is 2. The third-order valence-electron chi connectivity index (χ3n) is 4.42. The lowest BCUT2D eigenvalue weighted by Crippen LogP contribution is -2.44. The average molecular weight is 525 g/mol. The van der Waals surface area contributed by atoms with Crippen LogP contribution in [0.3, 0.4) is 0 Å². The summed E-state index contributed by atoms with van der Waals surface area (Å²) in [4.78, 5) is 8.76. The quantitative estimate of drug-likeness (QED) is 0.239. The molecule has 3 rings (SSSR count). The van der Waals surface area contributed by atoms with Gasteiger partial charge in [0.05, 0.1) is 19.4 Å². The van der Waals surface area contributed by atoms with Gasteiger partial charge in [-0.25, -0.2) is 9.98 Å². The van der Waals surface area contributed by atoms with Gasteiger partial charge in [0.1, 0.15) is 5.60 Å². The molecule has 2 aromatic heterocycles. The zero-order valence-corrected chi connectivity index (χ0v) is 19.9. The summed E-state index contributed by atoms with van der Waals surface area (Å²) in [6.45, 7) is 6.33. The first-order valence-corrected chi connectivity index (χ1v) is 10.3. The van der Waals surface area contributed by atoms with E-state index in [0.717, 1.165) is 24.2 Å². The topological polar surface area (TPSA) is 74.5 Å². The maximum atomic E-state index is 10.7. The molecule has 156 valence electrons. The molecule has 0 fully saturated rings. The van der Waals surface area contributed by atoms with Gasteiger partial charge in [-0.05, 0) is 47.4 Å². The molecule has 0 radical (unpaired) electrons. The normalized spacial score (nSPS) is 13.4. The maximum Gasteiger partial charge on any atom is 0.191 e. The predicted octanol–water partition coefficient (Wildman–Crippen LogP) is 3.57. The number of guanidine groups is 1. The Kier molecular flexibility index (Phi) is 9.12. The Hall–Kier alpha value is -1.91. The predicted molar refractivity (Wildman–Crippen MR) is 130 cm³/mol.